The predicted octanol–water partition coefficient (Wildman–Crippen LogP) is 2.12. The van der Waals surface area contributed by atoms with Gasteiger partial charge in [-0.25, -0.2) is 4.98 Å². The zero-order valence-corrected chi connectivity index (χ0v) is 15.6. The molecule has 1 fully saturated rings. The van der Waals surface area contributed by atoms with Crippen molar-refractivity contribution in [1.82, 2.24) is 25.5 Å². The molecule has 0 aliphatic carbocycles. The van der Waals surface area contributed by atoms with Crippen molar-refractivity contribution in [3.05, 3.63) is 36.0 Å². The fourth-order valence-electron chi connectivity index (χ4n) is 2.96. The third kappa shape index (κ3) is 4.86. The molecule has 27 heavy (non-hydrogen) atoms. The molecule has 1 aliphatic rings. The lowest BCUT2D eigenvalue weighted by Crippen LogP contribution is -2.32. The van der Waals surface area contributed by atoms with Gasteiger partial charge in [0.15, 0.2) is 0 Å². The number of aryl methyl sites for hydroxylation is 2. The molecule has 8 nitrogen and oxygen atoms in total. The number of benzene rings is 1. The minimum Gasteiger partial charge on any atom is -0.416 e. The van der Waals surface area contributed by atoms with Gasteiger partial charge < -0.3 is 19.5 Å². The Balaban J connectivity index is 1.21. The average molecular weight is 387 g/mol. The first kappa shape index (κ1) is 18.0. The van der Waals surface area contributed by atoms with Crippen LogP contribution in [0.25, 0.3) is 11.0 Å². The van der Waals surface area contributed by atoms with Crippen molar-refractivity contribution in [3.8, 4) is 0 Å². The largest absolute Gasteiger partial charge is 0.416 e. The number of aromatic nitrogens is 4. The summed E-state index contributed by atoms with van der Waals surface area (Å²) in [4.78, 5) is 19.7. The maximum Gasteiger partial charge on any atom is 0.277 e. The monoisotopic (exact) mass is 387 g/mol. The number of nitrogens with zero attached hydrogens (tertiary/aromatic N) is 3. The van der Waals surface area contributed by atoms with Crippen molar-refractivity contribution < 1.29 is 13.9 Å². The van der Waals surface area contributed by atoms with Crippen molar-refractivity contribution in [1.29, 1.82) is 0 Å². The standard InChI is InChI=1S/C18H21N5O3S/c24-16(19-10-12-4-3-9-25-12)11-27-18-23-22-17(26-18)8-7-15-20-13-5-1-2-6-14(13)21-15/h1-2,5-6,12H,3-4,7-11H2,(H,19,24)(H,20,21). The van der Waals surface area contributed by atoms with Gasteiger partial charge in [-0.2, -0.15) is 0 Å². The van der Waals surface area contributed by atoms with Gasteiger partial charge in [0.25, 0.3) is 5.22 Å². The lowest BCUT2D eigenvalue weighted by Gasteiger charge is -2.09. The lowest BCUT2D eigenvalue weighted by molar-refractivity contribution is -0.119. The maximum absolute atomic E-state index is 11.9. The van der Waals surface area contributed by atoms with Crippen molar-refractivity contribution in [2.45, 2.75) is 37.0 Å². The molecule has 3 aromatic rings. The Kier molecular flexibility index (Phi) is 5.69. The Morgan fingerprint density at radius 3 is 3.07 bits per heavy atom. The topological polar surface area (TPSA) is 106 Å². The molecule has 0 radical (unpaired) electrons. The number of fused-ring (bicyclic) bond motifs is 1. The predicted molar refractivity (Wildman–Crippen MR) is 101 cm³/mol. The van der Waals surface area contributed by atoms with E-state index in [4.69, 9.17) is 9.15 Å². The molecule has 1 aliphatic heterocycles. The fourth-order valence-corrected chi connectivity index (χ4v) is 3.57. The minimum absolute atomic E-state index is 0.0578. The highest BCUT2D eigenvalue weighted by atomic mass is 32.2. The number of amides is 1. The van der Waals surface area contributed by atoms with E-state index < -0.39 is 0 Å². The first-order valence-corrected chi connectivity index (χ1v) is 10.0. The number of carbonyl (C=O) groups excluding carboxylic acids is 1. The molecule has 9 heteroatoms. The van der Waals surface area contributed by atoms with Crippen LogP contribution < -0.4 is 5.32 Å². The summed E-state index contributed by atoms with van der Waals surface area (Å²) in [5, 5.41) is 11.3. The normalized spacial score (nSPS) is 16.8. The smallest absolute Gasteiger partial charge is 0.277 e. The van der Waals surface area contributed by atoms with Crippen LogP contribution in [0.4, 0.5) is 0 Å². The molecule has 1 unspecified atom stereocenters. The molecule has 0 saturated carbocycles. The van der Waals surface area contributed by atoms with Gasteiger partial charge in [0.2, 0.25) is 11.8 Å². The van der Waals surface area contributed by atoms with Crippen LogP contribution in [-0.4, -0.2) is 51.1 Å². The lowest BCUT2D eigenvalue weighted by atomic mass is 10.2. The molecule has 1 saturated heterocycles. The van der Waals surface area contributed by atoms with Crippen LogP contribution >= 0.6 is 11.8 Å². The van der Waals surface area contributed by atoms with Gasteiger partial charge in [-0.1, -0.05) is 23.9 Å². The third-order valence-corrected chi connectivity index (χ3v) is 5.16. The molecular weight excluding hydrogens is 366 g/mol. The van der Waals surface area contributed by atoms with E-state index in [1.807, 2.05) is 24.3 Å². The van der Waals surface area contributed by atoms with Crippen LogP contribution in [0.1, 0.15) is 24.6 Å². The van der Waals surface area contributed by atoms with Gasteiger partial charge in [0.1, 0.15) is 5.82 Å². The van der Waals surface area contributed by atoms with E-state index in [-0.39, 0.29) is 17.8 Å². The molecule has 3 heterocycles. The summed E-state index contributed by atoms with van der Waals surface area (Å²) in [6.45, 7) is 1.35. The Hall–Kier alpha value is -2.39. The number of H-pyrrole nitrogens is 1. The summed E-state index contributed by atoms with van der Waals surface area (Å²) in [6, 6.07) is 7.91. The number of nitrogens with one attached hydrogen (secondary N) is 2. The Bertz CT molecular complexity index is 870. The summed E-state index contributed by atoms with van der Waals surface area (Å²) in [7, 11) is 0. The van der Waals surface area contributed by atoms with E-state index >= 15 is 0 Å². The third-order valence-electron chi connectivity index (χ3n) is 4.34. The number of aromatic amines is 1. The van der Waals surface area contributed by atoms with Gasteiger partial charge in [0, 0.05) is 26.0 Å². The summed E-state index contributed by atoms with van der Waals surface area (Å²) in [5.74, 6) is 1.62. The minimum atomic E-state index is -0.0578. The van der Waals surface area contributed by atoms with Crippen molar-refractivity contribution in [2.24, 2.45) is 0 Å². The van der Waals surface area contributed by atoms with Crippen LogP contribution in [0.2, 0.25) is 0 Å². The molecule has 1 amide bonds. The Morgan fingerprint density at radius 2 is 2.22 bits per heavy atom. The Labute approximate surface area is 160 Å². The SMILES string of the molecule is O=C(CSc1nnc(CCc2nc3ccccc3[nH]2)o1)NCC1CCCO1. The van der Waals surface area contributed by atoms with E-state index in [1.54, 1.807) is 0 Å². The molecular formula is C18H21N5O3S. The van der Waals surface area contributed by atoms with Crippen LogP contribution in [0, 0.1) is 0 Å². The van der Waals surface area contributed by atoms with Crippen LogP contribution in [-0.2, 0) is 22.4 Å². The highest BCUT2D eigenvalue weighted by Crippen LogP contribution is 2.17. The van der Waals surface area contributed by atoms with Crippen molar-refractivity contribution in [2.75, 3.05) is 18.9 Å². The molecule has 2 aromatic heterocycles. The molecule has 142 valence electrons. The summed E-state index contributed by atoms with van der Waals surface area (Å²) in [5.41, 5.74) is 1.96. The number of rotatable bonds is 8. The number of hydrogen-bond acceptors (Lipinski definition) is 7. The van der Waals surface area contributed by atoms with Crippen LogP contribution in [0.5, 0.6) is 0 Å². The fraction of sp³-hybridized carbons (Fsp3) is 0.444. The number of carbonyl (C=O) groups is 1. The van der Waals surface area contributed by atoms with E-state index in [2.05, 4.69) is 25.5 Å². The molecule has 1 atom stereocenters. The van der Waals surface area contributed by atoms with Crippen molar-refractivity contribution >= 4 is 28.7 Å². The number of ether oxygens (including phenoxy) is 1. The summed E-state index contributed by atoms with van der Waals surface area (Å²) in [6.07, 6.45) is 3.49. The molecule has 2 N–H and O–H groups in total. The highest BCUT2D eigenvalue weighted by molar-refractivity contribution is 7.99. The highest BCUT2D eigenvalue weighted by Gasteiger charge is 2.17. The van der Waals surface area contributed by atoms with E-state index in [1.165, 1.54) is 11.8 Å². The number of para-hydroxylation sites is 2. The van der Waals surface area contributed by atoms with E-state index in [9.17, 15) is 4.79 Å². The quantitative estimate of drug-likeness (QED) is 0.570. The first-order valence-electron chi connectivity index (χ1n) is 9.03. The van der Waals surface area contributed by atoms with Gasteiger partial charge in [-0.05, 0) is 25.0 Å². The Morgan fingerprint density at radius 1 is 1.30 bits per heavy atom. The van der Waals surface area contributed by atoms with Crippen molar-refractivity contribution in [3.63, 3.8) is 0 Å². The molecule has 0 spiro atoms. The van der Waals surface area contributed by atoms with Gasteiger partial charge in [0.05, 0.1) is 22.9 Å². The van der Waals surface area contributed by atoms with E-state index in [0.717, 1.165) is 36.3 Å². The first-order chi connectivity index (χ1) is 13.3. The van der Waals surface area contributed by atoms with Gasteiger partial charge in [-0.3, -0.25) is 4.79 Å². The van der Waals surface area contributed by atoms with Gasteiger partial charge in [-0.15, -0.1) is 10.2 Å². The second kappa shape index (κ2) is 8.53. The summed E-state index contributed by atoms with van der Waals surface area (Å²) < 4.78 is 11.1. The number of hydrogen-bond donors (Lipinski definition) is 2. The number of thioether (sulfide) groups is 1. The van der Waals surface area contributed by atoms with Crippen LogP contribution in [0.15, 0.2) is 33.9 Å². The molecule has 4 rings (SSSR count). The maximum atomic E-state index is 11.9. The summed E-state index contributed by atoms with van der Waals surface area (Å²) >= 11 is 1.24. The average Bonchev–Trinajstić information content (AvgIpc) is 3.43. The van der Waals surface area contributed by atoms with Crippen LogP contribution in [0.3, 0.4) is 0 Å². The number of imidazole rings is 1. The zero-order valence-electron chi connectivity index (χ0n) is 14.8. The molecule has 1 aromatic carbocycles. The zero-order chi connectivity index (χ0) is 18.5. The second-order valence-corrected chi connectivity index (χ2v) is 7.32. The van der Waals surface area contributed by atoms with Gasteiger partial charge >= 0.3 is 0 Å². The molecule has 0 bridgehead atoms. The van der Waals surface area contributed by atoms with E-state index in [0.29, 0.717) is 30.5 Å². The second-order valence-electron chi connectivity index (χ2n) is 6.39.